The van der Waals surface area contributed by atoms with Gasteiger partial charge in [0.15, 0.2) is 23.0 Å². The van der Waals surface area contributed by atoms with Gasteiger partial charge in [0, 0.05) is 6.42 Å². The molecular formula is C20H24O6. The van der Waals surface area contributed by atoms with E-state index in [2.05, 4.69) is 0 Å². The minimum atomic E-state index is -0.342. The lowest BCUT2D eigenvalue weighted by Crippen LogP contribution is -2.10. The maximum Gasteiger partial charge on any atom is 0.311 e. The quantitative estimate of drug-likeness (QED) is 0.502. The number of para-hydroxylation sites is 2. The summed E-state index contributed by atoms with van der Waals surface area (Å²) >= 11 is 0. The van der Waals surface area contributed by atoms with Crippen LogP contribution in [0.1, 0.15) is 18.9 Å². The van der Waals surface area contributed by atoms with Gasteiger partial charge in [0.25, 0.3) is 0 Å². The van der Waals surface area contributed by atoms with Gasteiger partial charge in [0.05, 0.1) is 27.9 Å². The fraction of sp³-hybridized carbons (Fsp3) is 0.350. The van der Waals surface area contributed by atoms with Crippen molar-refractivity contribution in [3.63, 3.8) is 0 Å². The van der Waals surface area contributed by atoms with Crippen LogP contribution in [0.2, 0.25) is 0 Å². The van der Waals surface area contributed by atoms with Crippen LogP contribution in [0.5, 0.6) is 28.7 Å². The number of carbonyl (C=O) groups is 1. The second-order valence-corrected chi connectivity index (χ2v) is 5.39. The molecule has 0 aliphatic carbocycles. The molecule has 0 aliphatic heterocycles. The van der Waals surface area contributed by atoms with Gasteiger partial charge in [-0.05, 0) is 43.2 Å². The Balaban J connectivity index is 2.06. The van der Waals surface area contributed by atoms with Gasteiger partial charge in [-0.1, -0.05) is 12.1 Å². The molecule has 0 atom stereocenters. The van der Waals surface area contributed by atoms with Crippen molar-refractivity contribution >= 4 is 5.97 Å². The Bertz CT molecular complexity index is 716. The molecular weight excluding hydrogens is 336 g/mol. The summed E-state index contributed by atoms with van der Waals surface area (Å²) in [6.45, 7) is 2.38. The number of ether oxygens (including phenoxy) is 5. The molecule has 0 bridgehead atoms. The largest absolute Gasteiger partial charge is 0.493 e. The van der Waals surface area contributed by atoms with E-state index >= 15 is 0 Å². The third-order valence-electron chi connectivity index (χ3n) is 3.72. The lowest BCUT2D eigenvalue weighted by Gasteiger charge is -2.14. The number of benzene rings is 2. The molecule has 0 aliphatic rings. The Morgan fingerprint density at radius 2 is 1.50 bits per heavy atom. The lowest BCUT2D eigenvalue weighted by atomic mass is 10.1. The fourth-order valence-corrected chi connectivity index (χ4v) is 2.51. The highest BCUT2D eigenvalue weighted by Gasteiger charge is 2.15. The van der Waals surface area contributed by atoms with Crippen LogP contribution in [0, 0.1) is 0 Å². The van der Waals surface area contributed by atoms with Crippen LogP contribution < -0.4 is 23.7 Å². The summed E-state index contributed by atoms with van der Waals surface area (Å²) in [6.07, 6.45) is 0.686. The van der Waals surface area contributed by atoms with Gasteiger partial charge in [-0.3, -0.25) is 4.79 Å². The van der Waals surface area contributed by atoms with Crippen LogP contribution in [0.25, 0.3) is 0 Å². The molecule has 2 rings (SSSR count). The van der Waals surface area contributed by atoms with E-state index in [-0.39, 0.29) is 12.4 Å². The van der Waals surface area contributed by atoms with Gasteiger partial charge < -0.3 is 23.7 Å². The van der Waals surface area contributed by atoms with Gasteiger partial charge in [0.2, 0.25) is 5.75 Å². The van der Waals surface area contributed by atoms with Crippen LogP contribution in [-0.2, 0) is 11.2 Å². The molecule has 26 heavy (non-hydrogen) atoms. The number of hydrogen-bond acceptors (Lipinski definition) is 6. The molecule has 0 N–H and O–H groups in total. The summed E-state index contributed by atoms with van der Waals surface area (Å²) in [4.78, 5) is 12.2. The number of methoxy groups -OCH3 is 3. The van der Waals surface area contributed by atoms with E-state index < -0.39 is 0 Å². The van der Waals surface area contributed by atoms with Crippen molar-refractivity contribution in [3.8, 4) is 28.7 Å². The van der Waals surface area contributed by atoms with Crippen molar-refractivity contribution in [2.24, 2.45) is 0 Å². The summed E-state index contributed by atoms with van der Waals surface area (Å²) in [5, 5.41) is 0. The van der Waals surface area contributed by atoms with Gasteiger partial charge >= 0.3 is 5.97 Å². The topological polar surface area (TPSA) is 63.2 Å². The molecule has 0 amide bonds. The maximum absolute atomic E-state index is 12.2. The molecule has 0 spiro atoms. The van der Waals surface area contributed by atoms with Crippen molar-refractivity contribution in [2.75, 3.05) is 27.9 Å². The summed E-state index contributed by atoms with van der Waals surface area (Å²) in [5.41, 5.74) is 0.884. The predicted molar refractivity (Wildman–Crippen MR) is 97.7 cm³/mol. The highest BCUT2D eigenvalue weighted by Crippen LogP contribution is 2.38. The third kappa shape index (κ3) is 4.81. The molecule has 140 valence electrons. The maximum atomic E-state index is 12.2. The van der Waals surface area contributed by atoms with Crippen molar-refractivity contribution in [2.45, 2.75) is 19.8 Å². The fourth-order valence-electron chi connectivity index (χ4n) is 2.51. The number of esters is 1. The van der Waals surface area contributed by atoms with Crippen molar-refractivity contribution in [1.82, 2.24) is 0 Å². The molecule has 0 aromatic heterocycles. The van der Waals surface area contributed by atoms with E-state index in [1.54, 1.807) is 39.5 Å². The van der Waals surface area contributed by atoms with E-state index in [4.69, 9.17) is 23.7 Å². The number of carbonyl (C=O) groups excluding carboxylic acids is 1. The zero-order valence-electron chi connectivity index (χ0n) is 15.5. The molecule has 2 aromatic carbocycles. The lowest BCUT2D eigenvalue weighted by molar-refractivity contribution is -0.134. The van der Waals surface area contributed by atoms with Crippen molar-refractivity contribution in [3.05, 3.63) is 42.0 Å². The normalized spacial score (nSPS) is 10.2. The second-order valence-electron chi connectivity index (χ2n) is 5.39. The van der Waals surface area contributed by atoms with Crippen LogP contribution >= 0.6 is 0 Å². The average Bonchev–Trinajstić information content (AvgIpc) is 2.67. The molecule has 0 radical (unpaired) electrons. The van der Waals surface area contributed by atoms with Crippen molar-refractivity contribution in [1.29, 1.82) is 0 Å². The smallest absolute Gasteiger partial charge is 0.311 e. The molecule has 0 fully saturated rings. The summed E-state index contributed by atoms with van der Waals surface area (Å²) < 4.78 is 26.8. The van der Waals surface area contributed by atoms with E-state index in [0.29, 0.717) is 41.8 Å². The third-order valence-corrected chi connectivity index (χ3v) is 3.72. The molecule has 6 heteroatoms. The SMILES string of the molecule is CCOc1ccccc1OC(=O)CCc1cc(OC)c(OC)c(OC)c1. The van der Waals surface area contributed by atoms with Gasteiger partial charge in [-0.2, -0.15) is 0 Å². The first-order chi connectivity index (χ1) is 12.6. The predicted octanol–water partition coefficient (Wildman–Crippen LogP) is 3.65. The van der Waals surface area contributed by atoms with Crippen LogP contribution in [0.4, 0.5) is 0 Å². The Morgan fingerprint density at radius 1 is 0.885 bits per heavy atom. The van der Waals surface area contributed by atoms with Crippen LogP contribution in [0.3, 0.4) is 0 Å². The number of aryl methyl sites for hydroxylation is 1. The van der Waals surface area contributed by atoms with Gasteiger partial charge in [-0.25, -0.2) is 0 Å². The second kappa shape index (κ2) is 9.56. The van der Waals surface area contributed by atoms with Gasteiger partial charge in [0.1, 0.15) is 0 Å². The highest BCUT2D eigenvalue weighted by molar-refractivity contribution is 5.73. The van der Waals surface area contributed by atoms with Crippen LogP contribution in [-0.4, -0.2) is 33.9 Å². The van der Waals surface area contributed by atoms with Gasteiger partial charge in [-0.15, -0.1) is 0 Å². The average molecular weight is 360 g/mol. The van der Waals surface area contributed by atoms with E-state index in [9.17, 15) is 4.79 Å². The zero-order valence-corrected chi connectivity index (χ0v) is 15.5. The first-order valence-electron chi connectivity index (χ1n) is 8.34. The summed E-state index contributed by atoms with van der Waals surface area (Å²) in [7, 11) is 4.66. The summed E-state index contributed by atoms with van der Waals surface area (Å²) in [6, 6.07) is 10.8. The molecule has 0 saturated carbocycles. The minimum Gasteiger partial charge on any atom is -0.493 e. The first-order valence-corrected chi connectivity index (χ1v) is 8.34. The Kier molecular flexibility index (Phi) is 7.14. The van der Waals surface area contributed by atoms with Crippen molar-refractivity contribution < 1.29 is 28.5 Å². The first kappa shape index (κ1) is 19.4. The van der Waals surface area contributed by atoms with E-state index in [1.807, 2.05) is 25.1 Å². The molecule has 0 unspecified atom stereocenters. The van der Waals surface area contributed by atoms with E-state index in [0.717, 1.165) is 5.56 Å². The molecule has 0 saturated heterocycles. The molecule has 0 heterocycles. The summed E-state index contributed by atoms with van der Waals surface area (Å²) in [5.74, 6) is 2.26. The zero-order chi connectivity index (χ0) is 18.9. The Hall–Kier alpha value is -2.89. The monoisotopic (exact) mass is 360 g/mol. The molecule has 6 nitrogen and oxygen atoms in total. The Morgan fingerprint density at radius 3 is 2.04 bits per heavy atom. The molecule has 2 aromatic rings. The highest BCUT2D eigenvalue weighted by atomic mass is 16.6. The number of hydrogen-bond donors (Lipinski definition) is 0. The van der Waals surface area contributed by atoms with Crippen LogP contribution in [0.15, 0.2) is 36.4 Å². The number of rotatable bonds is 9. The standard InChI is InChI=1S/C20H24O6/c1-5-25-15-8-6-7-9-16(15)26-19(21)11-10-14-12-17(22-2)20(24-4)18(13-14)23-3/h6-9,12-13H,5,10-11H2,1-4H3. The van der Waals surface area contributed by atoms with E-state index in [1.165, 1.54) is 0 Å². The minimum absolute atomic E-state index is 0.207. The Labute approximate surface area is 153 Å².